The third-order valence-electron chi connectivity index (χ3n) is 2.33. The maximum atomic E-state index is 6.03. The van der Waals surface area contributed by atoms with Gasteiger partial charge in [0.1, 0.15) is 12.4 Å². The second-order valence-corrected chi connectivity index (χ2v) is 4.89. The number of hydrogen-bond acceptors (Lipinski definition) is 2. The highest BCUT2D eigenvalue weighted by molar-refractivity contribution is 9.10. The second-order valence-electron chi connectivity index (χ2n) is 3.56. The summed E-state index contributed by atoms with van der Waals surface area (Å²) < 4.78 is 6.57. The van der Waals surface area contributed by atoms with Gasteiger partial charge < -0.3 is 10.5 Å². The summed E-state index contributed by atoms with van der Waals surface area (Å²) in [5.41, 5.74) is 7.50. The largest absolute Gasteiger partial charge is 0.487 e. The molecular formula is C13H11BrClNO. The molecule has 2 aromatic carbocycles. The molecule has 0 heterocycles. The molecule has 0 aliphatic carbocycles. The van der Waals surface area contributed by atoms with Gasteiger partial charge >= 0.3 is 0 Å². The average molecular weight is 313 g/mol. The predicted octanol–water partition coefficient (Wildman–Crippen LogP) is 4.26. The van der Waals surface area contributed by atoms with E-state index in [0.717, 1.165) is 15.7 Å². The average Bonchev–Trinajstić information content (AvgIpc) is 2.32. The van der Waals surface area contributed by atoms with Crippen molar-refractivity contribution in [1.29, 1.82) is 0 Å². The van der Waals surface area contributed by atoms with E-state index in [1.807, 2.05) is 36.4 Å². The lowest BCUT2D eigenvalue weighted by atomic mass is 10.2. The number of nitrogen functional groups attached to an aromatic ring is 1. The van der Waals surface area contributed by atoms with Crippen LogP contribution in [0.15, 0.2) is 46.9 Å². The van der Waals surface area contributed by atoms with Crippen LogP contribution in [0.3, 0.4) is 0 Å². The van der Waals surface area contributed by atoms with Gasteiger partial charge in [-0.05, 0) is 24.3 Å². The van der Waals surface area contributed by atoms with Gasteiger partial charge in [0.2, 0.25) is 0 Å². The molecule has 0 unspecified atom stereocenters. The van der Waals surface area contributed by atoms with Gasteiger partial charge in [0.15, 0.2) is 0 Å². The Morgan fingerprint density at radius 2 is 1.94 bits per heavy atom. The standard InChI is InChI=1S/C13H11BrClNO/c14-10-5-6-11(15)13(7-10)17-8-9-3-1-2-4-12(9)16/h1-7H,8,16H2. The van der Waals surface area contributed by atoms with Crippen molar-refractivity contribution < 1.29 is 4.74 Å². The maximum Gasteiger partial charge on any atom is 0.139 e. The molecule has 0 amide bonds. The topological polar surface area (TPSA) is 35.2 Å². The van der Waals surface area contributed by atoms with E-state index in [4.69, 9.17) is 22.1 Å². The quantitative estimate of drug-likeness (QED) is 0.859. The first-order valence-electron chi connectivity index (χ1n) is 5.08. The second kappa shape index (κ2) is 5.43. The van der Waals surface area contributed by atoms with Crippen LogP contribution < -0.4 is 10.5 Å². The van der Waals surface area contributed by atoms with E-state index < -0.39 is 0 Å². The predicted molar refractivity (Wildman–Crippen MR) is 74.3 cm³/mol. The van der Waals surface area contributed by atoms with Gasteiger partial charge in [-0.25, -0.2) is 0 Å². The molecule has 2 nitrogen and oxygen atoms in total. The molecular weight excluding hydrogens is 302 g/mol. The Morgan fingerprint density at radius 3 is 2.71 bits per heavy atom. The molecule has 0 aromatic heterocycles. The van der Waals surface area contributed by atoms with Crippen molar-refractivity contribution in [3.8, 4) is 5.75 Å². The summed E-state index contributed by atoms with van der Waals surface area (Å²) in [4.78, 5) is 0. The lowest BCUT2D eigenvalue weighted by Gasteiger charge is -2.10. The lowest BCUT2D eigenvalue weighted by Crippen LogP contribution is -2.00. The Morgan fingerprint density at radius 1 is 1.18 bits per heavy atom. The number of benzene rings is 2. The fraction of sp³-hybridized carbons (Fsp3) is 0.0769. The molecule has 2 N–H and O–H groups in total. The molecule has 0 saturated heterocycles. The van der Waals surface area contributed by atoms with Crippen LogP contribution in [-0.4, -0.2) is 0 Å². The van der Waals surface area contributed by atoms with Gasteiger partial charge in [0.05, 0.1) is 5.02 Å². The van der Waals surface area contributed by atoms with Crippen LogP contribution in [0, 0.1) is 0 Å². The molecule has 0 spiro atoms. The Kier molecular flexibility index (Phi) is 3.92. The Bertz CT molecular complexity index is 531. The molecule has 0 fully saturated rings. The molecule has 0 radical (unpaired) electrons. The summed E-state index contributed by atoms with van der Waals surface area (Å²) in [6.45, 7) is 0.406. The monoisotopic (exact) mass is 311 g/mol. The summed E-state index contributed by atoms with van der Waals surface area (Å²) in [6.07, 6.45) is 0. The molecule has 4 heteroatoms. The van der Waals surface area contributed by atoms with E-state index in [2.05, 4.69) is 15.9 Å². The highest BCUT2D eigenvalue weighted by Crippen LogP contribution is 2.29. The summed E-state index contributed by atoms with van der Waals surface area (Å²) >= 11 is 9.40. The highest BCUT2D eigenvalue weighted by Gasteiger charge is 2.04. The van der Waals surface area contributed by atoms with Gasteiger partial charge in [-0.2, -0.15) is 0 Å². The first-order valence-corrected chi connectivity index (χ1v) is 6.25. The zero-order chi connectivity index (χ0) is 12.3. The number of hydrogen-bond donors (Lipinski definition) is 1. The van der Waals surface area contributed by atoms with Crippen molar-refractivity contribution in [3.05, 3.63) is 57.5 Å². The molecule has 88 valence electrons. The number of nitrogens with two attached hydrogens (primary N) is 1. The van der Waals surface area contributed by atoms with Crippen LogP contribution in [-0.2, 0) is 6.61 Å². The van der Waals surface area contributed by atoms with Gasteiger partial charge in [0.25, 0.3) is 0 Å². The van der Waals surface area contributed by atoms with E-state index in [-0.39, 0.29) is 0 Å². The highest BCUT2D eigenvalue weighted by atomic mass is 79.9. The first kappa shape index (κ1) is 12.3. The van der Waals surface area contributed by atoms with Crippen LogP contribution in [0.2, 0.25) is 5.02 Å². The van der Waals surface area contributed by atoms with Crippen molar-refractivity contribution in [1.82, 2.24) is 0 Å². The van der Waals surface area contributed by atoms with Crippen LogP contribution in [0.4, 0.5) is 5.69 Å². The zero-order valence-electron chi connectivity index (χ0n) is 8.99. The first-order chi connectivity index (χ1) is 8.16. The summed E-state index contributed by atoms with van der Waals surface area (Å²) in [5.74, 6) is 0.643. The SMILES string of the molecule is Nc1ccccc1COc1cc(Br)ccc1Cl. The Labute approximate surface area is 113 Å². The molecule has 0 bridgehead atoms. The Hall–Kier alpha value is -1.19. The summed E-state index contributed by atoms with van der Waals surface area (Å²) in [5, 5.41) is 0.586. The third-order valence-corrected chi connectivity index (χ3v) is 3.14. The minimum absolute atomic E-state index is 0.406. The molecule has 0 saturated carbocycles. The summed E-state index contributed by atoms with van der Waals surface area (Å²) in [7, 11) is 0. The van der Waals surface area contributed by atoms with Crippen LogP contribution in [0.1, 0.15) is 5.56 Å². The smallest absolute Gasteiger partial charge is 0.139 e. The van der Waals surface area contributed by atoms with Crippen molar-refractivity contribution >= 4 is 33.2 Å². The van der Waals surface area contributed by atoms with Crippen molar-refractivity contribution in [2.24, 2.45) is 0 Å². The van der Waals surface area contributed by atoms with E-state index >= 15 is 0 Å². The molecule has 2 rings (SSSR count). The van der Waals surface area contributed by atoms with Gasteiger partial charge in [-0.15, -0.1) is 0 Å². The van der Waals surface area contributed by atoms with Gasteiger partial charge in [-0.1, -0.05) is 45.7 Å². The van der Waals surface area contributed by atoms with Gasteiger partial charge in [-0.3, -0.25) is 0 Å². The van der Waals surface area contributed by atoms with E-state index in [1.165, 1.54) is 0 Å². The van der Waals surface area contributed by atoms with Gasteiger partial charge in [0, 0.05) is 15.7 Å². The van der Waals surface area contributed by atoms with E-state index in [0.29, 0.717) is 17.4 Å². The van der Waals surface area contributed by atoms with Crippen LogP contribution >= 0.6 is 27.5 Å². The number of rotatable bonds is 3. The number of halogens is 2. The molecule has 2 aromatic rings. The minimum Gasteiger partial charge on any atom is -0.487 e. The number of ether oxygens (including phenoxy) is 1. The zero-order valence-corrected chi connectivity index (χ0v) is 11.3. The maximum absolute atomic E-state index is 6.03. The molecule has 0 aliphatic rings. The van der Waals surface area contributed by atoms with Crippen molar-refractivity contribution in [3.63, 3.8) is 0 Å². The number of para-hydroxylation sites is 1. The van der Waals surface area contributed by atoms with Crippen molar-refractivity contribution in [2.75, 3.05) is 5.73 Å². The molecule has 17 heavy (non-hydrogen) atoms. The lowest BCUT2D eigenvalue weighted by molar-refractivity contribution is 0.307. The van der Waals surface area contributed by atoms with E-state index in [9.17, 15) is 0 Å². The summed E-state index contributed by atoms with van der Waals surface area (Å²) in [6, 6.07) is 13.1. The minimum atomic E-state index is 0.406. The number of anilines is 1. The molecule has 0 atom stereocenters. The van der Waals surface area contributed by atoms with E-state index in [1.54, 1.807) is 6.07 Å². The molecule has 0 aliphatic heterocycles. The third kappa shape index (κ3) is 3.14. The fourth-order valence-corrected chi connectivity index (χ4v) is 1.92. The van der Waals surface area contributed by atoms with Crippen LogP contribution in [0.25, 0.3) is 0 Å². The normalized spacial score (nSPS) is 10.2. The fourth-order valence-electron chi connectivity index (χ4n) is 1.41. The van der Waals surface area contributed by atoms with Crippen molar-refractivity contribution in [2.45, 2.75) is 6.61 Å². The Balaban J connectivity index is 2.12. The van der Waals surface area contributed by atoms with Crippen LogP contribution in [0.5, 0.6) is 5.75 Å².